The molecule has 2 heteroatoms. The van der Waals surface area contributed by atoms with E-state index >= 15 is 0 Å². The fourth-order valence-corrected chi connectivity index (χ4v) is 2.69. The molecule has 15 heavy (non-hydrogen) atoms. The third-order valence-electron chi connectivity index (χ3n) is 3.61. The van der Waals surface area contributed by atoms with Crippen LogP contribution in [-0.4, -0.2) is 12.2 Å². The minimum Gasteiger partial charge on any atom is -0.508 e. The molecule has 0 amide bonds. The Morgan fingerprint density at radius 2 is 1.80 bits per heavy atom. The zero-order valence-electron chi connectivity index (χ0n) is 9.29. The van der Waals surface area contributed by atoms with Crippen LogP contribution in [0.25, 0.3) is 0 Å². The van der Waals surface area contributed by atoms with Crippen molar-refractivity contribution in [2.24, 2.45) is 0 Å². The lowest BCUT2D eigenvalue weighted by Gasteiger charge is -2.38. The second-order valence-electron chi connectivity index (χ2n) is 4.41. The first-order valence-electron chi connectivity index (χ1n) is 5.76. The van der Waals surface area contributed by atoms with Crippen LogP contribution >= 0.6 is 0 Å². The van der Waals surface area contributed by atoms with Crippen molar-refractivity contribution in [2.45, 2.75) is 37.6 Å². The first kappa shape index (κ1) is 10.5. The van der Waals surface area contributed by atoms with E-state index in [1.165, 1.54) is 19.3 Å². The quantitative estimate of drug-likeness (QED) is 0.778. The summed E-state index contributed by atoms with van der Waals surface area (Å²) in [4.78, 5) is 0. The van der Waals surface area contributed by atoms with Gasteiger partial charge in [-0.25, -0.2) is 0 Å². The van der Waals surface area contributed by atoms with Crippen LogP contribution < -0.4 is 5.32 Å². The van der Waals surface area contributed by atoms with Crippen LogP contribution in [0.4, 0.5) is 0 Å². The molecule has 2 nitrogen and oxygen atoms in total. The van der Waals surface area contributed by atoms with E-state index in [4.69, 9.17) is 0 Å². The Kier molecular flexibility index (Phi) is 2.96. The van der Waals surface area contributed by atoms with Gasteiger partial charge in [-0.2, -0.15) is 0 Å². The molecule has 0 spiro atoms. The van der Waals surface area contributed by atoms with Crippen LogP contribution in [0.2, 0.25) is 0 Å². The zero-order chi connectivity index (χ0) is 10.7. The predicted molar refractivity (Wildman–Crippen MR) is 61.9 cm³/mol. The SMILES string of the molecule is CNC1(c2ccccc2O)CCCCC1. The summed E-state index contributed by atoms with van der Waals surface area (Å²) < 4.78 is 0. The van der Waals surface area contributed by atoms with Crippen LogP contribution in [0.5, 0.6) is 5.75 Å². The lowest BCUT2D eigenvalue weighted by Crippen LogP contribution is -2.41. The maximum Gasteiger partial charge on any atom is 0.120 e. The Morgan fingerprint density at radius 3 is 2.40 bits per heavy atom. The first-order chi connectivity index (χ1) is 7.28. The van der Waals surface area contributed by atoms with Gasteiger partial charge in [0.25, 0.3) is 0 Å². The van der Waals surface area contributed by atoms with Gasteiger partial charge in [-0.15, -0.1) is 0 Å². The summed E-state index contributed by atoms with van der Waals surface area (Å²) in [6.07, 6.45) is 6.06. The van der Waals surface area contributed by atoms with Crippen LogP contribution in [0.3, 0.4) is 0 Å². The molecule has 1 saturated carbocycles. The highest BCUT2D eigenvalue weighted by atomic mass is 16.3. The minimum absolute atomic E-state index is 0.00356. The summed E-state index contributed by atoms with van der Waals surface area (Å²) in [6.45, 7) is 0. The van der Waals surface area contributed by atoms with Gasteiger partial charge in [0.2, 0.25) is 0 Å². The number of nitrogens with one attached hydrogen (secondary N) is 1. The Morgan fingerprint density at radius 1 is 1.13 bits per heavy atom. The molecule has 82 valence electrons. The summed E-state index contributed by atoms with van der Waals surface area (Å²) >= 11 is 0. The fourth-order valence-electron chi connectivity index (χ4n) is 2.69. The second kappa shape index (κ2) is 4.23. The molecule has 1 aliphatic rings. The van der Waals surface area contributed by atoms with Gasteiger partial charge in [0.1, 0.15) is 5.75 Å². The molecule has 0 heterocycles. The topological polar surface area (TPSA) is 32.3 Å². The number of phenolic OH excluding ortho intramolecular Hbond substituents is 1. The van der Waals surface area contributed by atoms with Crippen molar-refractivity contribution in [1.29, 1.82) is 0 Å². The van der Waals surface area contributed by atoms with Crippen molar-refractivity contribution in [3.05, 3.63) is 29.8 Å². The highest BCUT2D eigenvalue weighted by molar-refractivity contribution is 5.38. The molecule has 0 aromatic heterocycles. The number of benzene rings is 1. The van der Waals surface area contributed by atoms with Crippen molar-refractivity contribution in [1.82, 2.24) is 5.32 Å². The Bertz CT molecular complexity index is 329. The molecule has 0 unspecified atom stereocenters. The van der Waals surface area contributed by atoms with Gasteiger partial charge in [-0.05, 0) is 26.0 Å². The summed E-state index contributed by atoms with van der Waals surface area (Å²) in [5.41, 5.74) is 1.07. The van der Waals surface area contributed by atoms with E-state index in [1.54, 1.807) is 6.07 Å². The van der Waals surface area contributed by atoms with E-state index in [0.29, 0.717) is 5.75 Å². The molecule has 0 saturated heterocycles. The van der Waals surface area contributed by atoms with Gasteiger partial charge < -0.3 is 10.4 Å². The van der Waals surface area contributed by atoms with E-state index in [9.17, 15) is 5.11 Å². The van der Waals surface area contributed by atoms with Crippen LogP contribution in [0, 0.1) is 0 Å². The third-order valence-corrected chi connectivity index (χ3v) is 3.61. The number of aromatic hydroxyl groups is 1. The predicted octanol–water partition coefficient (Wildman–Crippen LogP) is 2.77. The molecular formula is C13H19NO. The average molecular weight is 205 g/mol. The standard InChI is InChI=1S/C13H19NO/c1-14-13(9-5-2-6-10-13)11-7-3-4-8-12(11)15/h3-4,7-8,14-15H,2,5-6,9-10H2,1H3. The highest BCUT2D eigenvalue weighted by Gasteiger charge is 2.33. The largest absolute Gasteiger partial charge is 0.508 e. The fraction of sp³-hybridized carbons (Fsp3) is 0.538. The third kappa shape index (κ3) is 1.86. The van der Waals surface area contributed by atoms with Gasteiger partial charge in [0.05, 0.1) is 0 Å². The van der Waals surface area contributed by atoms with E-state index in [-0.39, 0.29) is 5.54 Å². The van der Waals surface area contributed by atoms with Gasteiger partial charge in [-0.3, -0.25) is 0 Å². The van der Waals surface area contributed by atoms with Gasteiger partial charge in [0.15, 0.2) is 0 Å². The lowest BCUT2D eigenvalue weighted by atomic mass is 9.76. The molecular weight excluding hydrogens is 186 g/mol. The molecule has 0 radical (unpaired) electrons. The number of para-hydroxylation sites is 1. The Hall–Kier alpha value is -1.02. The molecule has 0 atom stereocenters. The highest BCUT2D eigenvalue weighted by Crippen LogP contribution is 2.40. The summed E-state index contributed by atoms with van der Waals surface area (Å²) in [5, 5.41) is 13.3. The minimum atomic E-state index is 0.00356. The Labute approximate surface area is 91.3 Å². The van der Waals surface area contributed by atoms with Crippen molar-refractivity contribution in [3.63, 3.8) is 0 Å². The van der Waals surface area contributed by atoms with Gasteiger partial charge in [-0.1, -0.05) is 37.5 Å². The Balaban J connectivity index is 2.36. The lowest BCUT2D eigenvalue weighted by molar-refractivity contribution is 0.243. The summed E-state index contributed by atoms with van der Waals surface area (Å²) in [5.74, 6) is 0.425. The maximum absolute atomic E-state index is 9.92. The van der Waals surface area contributed by atoms with E-state index in [1.807, 2.05) is 25.2 Å². The maximum atomic E-state index is 9.92. The molecule has 0 bridgehead atoms. The van der Waals surface area contributed by atoms with E-state index < -0.39 is 0 Å². The van der Waals surface area contributed by atoms with Crippen LogP contribution in [-0.2, 0) is 5.54 Å². The van der Waals surface area contributed by atoms with Crippen molar-refractivity contribution < 1.29 is 5.11 Å². The van der Waals surface area contributed by atoms with Crippen LogP contribution in [0.1, 0.15) is 37.7 Å². The first-order valence-corrected chi connectivity index (χ1v) is 5.76. The normalized spacial score (nSPS) is 20.1. The number of hydrogen-bond donors (Lipinski definition) is 2. The summed E-state index contributed by atoms with van der Waals surface area (Å²) in [7, 11) is 2.00. The molecule has 0 aliphatic heterocycles. The molecule has 1 fully saturated rings. The number of rotatable bonds is 2. The molecule has 1 aromatic rings. The number of phenols is 1. The van der Waals surface area contributed by atoms with Crippen LogP contribution in [0.15, 0.2) is 24.3 Å². The monoisotopic (exact) mass is 205 g/mol. The van der Waals surface area contributed by atoms with Crippen molar-refractivity contribution in [2.75, 3.05) is 7.05 Å². The van der Waals surface area contributed by atoms with Gasteiger partial charge >= 0.3 is 0 Å². The molecule has 1 aromatic carbocycles. The van der Waals surface area contributed by atoms with Crippen molar-refractivity contribution >= 4 is 0 Å². The van der Waals surface area contributed by atoms with Crippen molar-refractivity contribution in [3.8, 4) is 5.75 Å². The smallest absolute Gasteiger partial charge is 0.120 e. The molecule has 1 aliphatic carbocycles. The second-order valence-corrected chi connectivity index (χ2v) is 4.41. The average Bonchev–Trinajstić information content (AvgIpc) is 2.30. The van der Waals surface area contributed by atoms with E-state index in [2.05, 4.69) is 5.32 Å². The molecule has 2 rings (SSSR count). The summed E-state index contributed by atoms with van der Waals surface area (Å²) in [6, 6.07) is 7.70. The van der Waals surface area contributed by atoms with Gasteiger partial charge in [0, 0.05) is 11.1 Å². The number of hydrogen-bond acceptors (Lipinski definition) is 2. The zero-order valence-corrected chi connectivity index (χ0v) is 9.29. The van der Waals surface area contributed by atoms with E-state index in [0.717, 1.165) is 18.4 Å². The molecule has 2 N–H and O–H groups in total.